The van der Waals surface area contributed by atoms with Crippen molar-refractivity contribution < 1.29 is 9.53 Å². The smallest absolute Gasteiger partial charge is 0.341 e. The zero-order valence-corrected chi connectivity index (χ0v) is 12.6. The second kappa shape index (κ2) is 6.45. The molecular weight excluding hydrogens is 290 g/mol. The zero-order chi connectivity index (χ0) is 15.4. The quantitative estimate of drug-likeness (QED) is 0.845. The fraction of sp³-hybridized carbons (Fsp3) is 0.200. The minimum atomic E-state index is -0.473. The van der Waals surface area contributed by atoms with E-state index in [4.69, 9.17) is 22.1 Å². The van der Waals surface area contributed by atoms with E-state index in [9.17, 15) is 4.79 Å². The highest BCUT2D eigenvalue weighted by molar-refractivity contribution is 6.31. The van der Waals surface area contributed by atoms with Crippen LogP contribution in [0.25, 0.3) is 0 Å². The molecule has 0 saturated heterocycles. The highest BCUT2D eigenvalue weighted by atomic mass is 35.5. The number of pyridine rings is 1. The molecule has 0 bridgehead atoms. The fourth-order valence-corrected chi connectivity index (χ4v) is 1.99. The Balaban J connectivity index is 2.40. The average Bonchev–Trinajstić information content (AvgIpc) is 2.46. The van der Waals surface area contributed by atoms with Crippen molar-refractivity contribution in [2.75, 3.05) is 17.7 Å². The second-order valence-corrected chi connectivity index (χ2v) is 4.83. The van der Waals surface area contributed by atoms with Crippen molar-refractivity contribution in [2.24, 2.45) is 0 Å². The Hall–Kier alpha value is -2.27. The lowest BCUT2D eigenvalue weighted by atomic mass is 10.2. The van der Waals surface area contributed by atoms with Crippen LogP contribution in [0.15, 0.2) is 30.5 Å². The summed E-state index contributed by atoms with van der Waals surface area (Å²) in [5.41, 5.74) is 8.01. The highest BCUT2D eigenvalue weighted by Gasteiger charge is 2.15. The largest absolute Gasteiger partial charge is 0.462 e. The number of carbonyl (C=O) groups is 1. The number of halogens is 1. The molecule has 6 heteroatoms. The Morgan fingerprint density at radius 3 is 2.95 bits per heavy atom. The molecule has 1 heterocycles. The molecule has 0 aliphatic rings. The van der Waals surface area contributed by atoms with Crippen LogP contribution in [-0.2, 0) is 4.74 Å². The Kier molecular flexibility index (Phi) is 4.65. The molecule has 0 saturated carbocycles. The van der Waals surface area contributed by atoms with Gasteiger partial charge in [-0.15, -0.1) is 0 Å². The summed E-state index contributed by atoms with van der Waals surface area (Å²) in [4.78, 5) is 16.1. The maximum absolute atomic E-state index is 12.0. The van der Waals surface area contributed by atoms with Crippen LogP contribution in [0.1, 0.15) is 22.8 Å². The summed E-state index contributed by atoms with van der Waals surface area (Å²) in [7, 11) is 0. The minimum absolute atomic E-state index is 0.281. The molecule has 0 radical (unpaired) electrons. The summed E-state index contributed by atoms with van der Waals surface area (Å²) < 4.78 is 5.01. The molecule has 3 N–H and O–H groups in total. The van der Waals surface area contributed by atoms with Gasteiger partial charge in [0.05, 0.1) is 18.5 Å². The Morgan fingerprint density at radius 1 is 1.48 bits per heavy atom. The van der Waals surface area contributed by atoms with E-state index < -0.39 is 5.97 Å². The second-order valence-electron chi connectivity index (χ2n) is 4.42. The number of anilines is 3. The molecule has 0 aliphatic heterocycles. The van der Waals surface area contributed by atoms with E-state index in [1.807, 2.05) is 19.1 Å². The first kappa shape index (κ1) is 15.1. The molecule has 2 aromatic rings. The maximum Gasteiger partial charge on any atom is 0.341 e. The summed E-state index contributed by atoms with van der Waals surface area (Å²) in [6.45, 7) is 3.90. The third-order valence-electron chi connectivity index (χ3n) is 2.92. The van der Waals surface area contributed by atoms with Gasteiger partial charge in [-0.25, -0.2) is 9.78 Å². The molecule has 5 nitrogen and oxygen atoms in total. The third kappa shape index (κ3) is 3.44. The molecule has 0 unspecified atom stereocenters. The van der Waals surface area contributed by atoms with Gasteiger partial charge in [0.1, 0.15) is 11.4 Å². The predicted molar refractivity (Wildman–Crippen MR) is 84.1 cm³/mol. The fourth-order valence-electron chi connectivity index (χ4n) is 1.82. The van der Waals surface area contributed by atoms with Gasteiger partial charge in [0, 0.05) is 10.7 Å². The van der Waals surface area contributed by atoms with Crippen LogP contribution < -0.4 is 11.1 Å². The van der Waals surface area contributed by atoms with Gasteiger partial charge in [0.2, 0.25) is 0 Å². The zero-order valence-electron chi connectivity index (χ0n) is 11.8. The molecule has 0 fully saturated rings. The number of esters is 1. The van der Waals surface area contributed by atoms with Gasteiger partial charge < -0.3 is 15.8 Å². The van der Waals surface area contributed by atoms with Crippen molar-refractivity contribution in [1.82, 2.24) is 4.98 Å². The molecule has 0 spiro atoms. The van der Waals surface area contributed by atoms with E-state index in [-0.39, 0.29) is 12.2 Å². The van der Waals surface area contributed by atoms with Crippen LogP contribution in [0.2, 0.25) is 5.02 Å². The Labute approximate surface area is 128 Å². The molecule has 0 aliphatic carbocycles. The molecular formula is C15H16ClN3O2. The monoisotopic (exact) mass is 305 g/mol. The molecule has 110 valence electrons. The number of nitrogens with zero attached hydrogens (tertiary/aromatic N) is 1. The number of hydrogen-bond acceptors (Lipinski definition) is 5. The summed E-state index contributed by atoms with van der Waals surface area (Å²) in [6, 6.07) is 7.01. The lowest BCUT2D eigenvalue weighted by Crippen LogP contribution is -2.10. The van der Waals surface area contributed by atoms with Crippen LogP contribution >= 0.6 is 11.6 Å². The number of hydrogen-bond donors (Lipinski definition) is 2. The summed E-state index contributed by atoms with van der Waals surface area (Å²) in [5, 5.41) is 3.73. The predicted octanol–water partition coefficient (Wildman–Crippen LogP) is 3.55. The van der Waals surface area contributed by atoms with Crippen molar-refractivity contribution in [2.45, 2.75) is 13.8 Å². The SMILES string of the molecule is CCOC(=O)c1cc(N)cnc1Nc1cccc(Cl)c1C. The number of carbonyl (C=O) groups excluding carboxylic acids is 1. The van der Waals surface area contributed by atoms with E-state index in [1.165, 1.54) is 12.3 Å². The summed E-state index contributed by atoms with van der Waals surface area (Å²) in [5.74, 6) is -0.0903. The molecule has 21 heavy (non-hydrogen) atoms. The van der Waals surface area contributed by atoms with Crippen molar-refractivity contribution >= 4 is 34.8 Å². The van der Waals surface area contributed by atoms with Crippen molar-refractivity contribution in [3.8, 4) is 0 Å². The van der Waals surface area contributed by atoms with Crippen molar-refractivity contribution in [1.29, 1.82) is 0 Å². The summed E-state index contributed by atoms with van der Waals surface area (Å²) in [6.07, 6.45) is 1.48. The minimum Gasteiger partial charge on any atom is -0.462 e. The van der Waals surface area contributed by atoms with Gasteiger partial charge in [-0.2, -0.15) is 0 Å². The molecule has 0 atom stereocenters. The number of nitrogens with one attached hydrogen (secondary N) is 1. The van der Waals surface area contributed by atoms with Crippen molar-refractivity contribution in [3.05, 3.63) is 46.6 Å². The Morgan fingerprint density at radius 2 is 2.24 bits per heavy atom. The van der Waals surface area contributed by atoms with E-state index in [0.717, 1.165) is 11.3 Å². The van der Waals surface area contributed by atoms with E-state index in [0.29, 0.717) is 16.5 Å². The van der Waals surface area contributed by atoms with Crippen LogP contribution in [-0.4, -0.2) is 17.6 Å². The van der Waals surface area contributed by atoms with Gasteiger partial charge >= 0.3 is 5.97 Å². The lowest BCUT2D eigenvalue weighted by Gasteiger charge is -2.13. The van der Waals surface area contributed by atoms with Gasteiger partial charge in [-0.1, -0.05) is 17.7 Å². The van der Waals surface area contributed by atoms with Crippen LogP contribution in [0.4, 0.5) is 17.2 Å². The van der Waals surface area contributed by atoms with E-state index >= 15 is 0 Å². The first-order valence-electron chi connectivity index (χ1n) is 6.47. The highest BCUT2D eigenvalue weighted by Crippen LogP contribution is 2.27. The van der Waals surface area contributed by atoms with Crippen LogP contribution in [0.5, 0.6) is 0 Å². The lowest BCUT2D eigenvalue weighted by molar-refractivity contribution is 0.0527. The number of rotatable bonds is 4. The van der Waals surface area contributed by atoms with Crippen molar-refractivity contribution in [3.63, 3.8) is 0 Å². The molecule has 1 aromatic carbocycles. The third-order valence-corrected chi connectivity index (χ3v) is 3.33. The normalized spacial score (nSPS) is 10.2. The number of nitrogen functional groups attached to an aromatic ring is 1. The number of benzene rings is 1. The van der Waals surface area contributed by atoms with Crippen LogP contribution in [0.3, 0.4) is 0 Å². The summed E-state index contributed by atoms with van der Waals surface area (Å²) >= 11 is 6.09. The topological polar surface area (TPSA) is 77.2 Å². The number of aromatic nitrogens is 1. The standard InChI is InChI=1S/C15H16ClN3O2/c1-3-21-15(20)11-7-10(17)8-18-14(11)19-13-6-4-5-12(16)9(13)2/h4-8H,3,17H2,1-2H3,(H,18,19). The van der Waals surface area contributed by atoms with E-state index in [2.05, 4.69) is 10.3 Å². The van der Waals surface area contributed by atoms with Crippen LogP contribution in [0, 0.1) is 6.92 Å². The first-order valence-corrected chi connectivity index (χ1v) is 6.85. The van der Waals surface area contributed by atoms with E-state index in [1.54, 1.807) is 13.0 Å². The number of ether oxygens (including phenoxy) is 1. The molecule has 0 amide bonds. The first-order chi connectivity index (χ1) is 10.0. The Bertz CT molecular complexity index is 674. The molecule has 2 rings (SSSR count). The van der Waals surface area contributed by atoms with Gasteiger partial charge in [-0.3, -0.25) is 0 Å². The van der Waals surface area contributed by atoms with Gasteiger partial charge in [-0.05, 0) is 37.6 Å². The molecule has 1 aromatic heterocycles. The van der Waals surface area contributed by atoms with Gasteiger partial charge in [0.25, 0.3) is 0 Å². The number of nitrogens with two attached hydrogens (primary N) is 1. The van der Waals surface area contributed by atoms with Gasteiger partial charge in [0.15, 0.2) is 0 Å². The average molecular weight is 306 g/mol. The maximum atomic E-state index is 12.0.